The third-order valence-electron chi connectivity index (χ3n) is 11.7. The highest BCUT2D eigenvalue weighted by atomic mass is 16.6. The maximum atomic E-state index is 12.0. The van der Waals surface area contributed by atoms with Gasteiger partial charge in [-0.1, -0.05) is 167 Å². The fourth-order valence-electron chi connectivity index (χ4n) is 7.76. The van der Waals surface area contributed by atoms with E-state index in [0.717, 1.165) is 51.4 Å². The Morgan fingerprint density at radius 3 is 1.03 bits per heavy atom. The van der Waals surface area contributed by atoms with Crippen molar-refractivity contribution < 1.29 is 59.2 Å². The zero-order chi connectivity index (χ0) is 44.1. The van der Waals surface area contributed by atoms with Crippen molar-refractivity contribution in [3.05, 3.63) is 12.2 Å². The Hall–Kier alpha value is -1.64. The van der Waals surface area contributed by atoms with E-state index in [2.05, 4.69) is 26.0 Å². The normalized spacial score (nSPS) is 22.5. The molecule has 6 N–H and O–H groups in total. The zero-order valence-corrected chi connectivity index (χ0v) is 37.9. The van der Waals surface area contributed by atoms with Gasteiger partial charge in [-0.2, -0.15) is 0 Å². The van der Waals surface area contributed by atoms with Gasteiger partial charge in [0.05, 0.1) is 26.4 Å². The van der Waals surface area contributed by atoms with Gasteiger partial charge >= 0.3 is 11.9 Å². The molecule has 0 saturated carbocycles. The molecule has 2 aliphatic heterocycles. The first-order valence-corrected chi connectivity index (χ1v) is 24.4. The highest BCUT2D eigenvalue weighted by molar-refractivity contribution is 5.70. The second kappa shape index (κ2) is 39.0. The Kier molecular flexibility index (Phi) is 36.6. The summed E-state index contributed by atoms with van der Waals surface area (Å²) in [7, 11) is 0. The van der Waals surface area contributed by atoms with Crippen molar-refractivity contribution in [3.63, 3.8) is 0 Å². The minimum absolute atomic E-state index is 0.0149. The van der Waals surface area contributed by atoms with Crippen LogP contribution in [0.25, 0.3) is 0 Å². The first-order valence-electron chi connectivity index (χ1n) is 24.4. The smallest absolute Gasteiger partial charge is 0.306 e. The van der Waals surface area contributed by atoms with Crippen LogP contribution >= 0.6 is 0 Å². The number of carbonyl (C=O) groups excluding carboxylic acids is 2. The molecular weight excluding hydrogens is 769 g/mol. The van der Waals surface area contributed by atoms with Crippen molar-refractivity contribution in [2.75, 3.05) is 26.4 Å². The molecular formula is C48H90O12. The molecule has 354 valence electrons. The number of allylic oxidation sites excluding steroid dienone is 2. The lowest BCUT2D eigenvalue weighted by atomic mass is 10.0. The molecule has 0 radical (unpaired) electrons. The Labute approximate surface area is 364 Å². The number of aliphatic hydroxyl groups is 6. The standard InChI is InChI=1S/C24H46O6.C24H44O6/c2*1-2-3-4-5-6-7-8-9-10-11-12-13-14-15-16-17-22(27)30-21(18-25)24-23(28)20(26)19-29-24/h20-21,23-26,28H,2-19H2,1H3;9-10,20-21,23-26,28H,2-8,11-19H2,1H3/b;10-9-/t2*20-,21+,23+,24+/m00/s1. The van der Waals surface area contributed by atoms with Gasteiger partial charge in [-0.3, -0.25) is 9.59 Å². The maximum Gasteiger partial charge on any atom is 0.306 e. The minimum Gasteiger partial charge on any atom is -0.457 e. The van der Waals surface area contributed by atoms with Gasteiger partial charge in [0.1, 0.15) is 36.6 Å². The second-order valence-electron chi connectivity index (χ2n) is 17.2. The third-order valence-corrected chi connectivity index (χ3v) is 11.7. The van der Waals surface area contributed by atoms with Crippen molar-refractivity contribution in [1.29, 1.82) is 0 Å². The highest BCUT2D eigenvalue weighted by Crippen LogP contribution is 2.22. The molecule has 0 aromatic heterocycles. The number of aliphatic hydroxyl groups excluding tert-OH is 6. The van der Waals surface area contributed by atoms with Gasteiger partial charge in [-0.25, -0.2) is 0 Å². The van der Waals surface area contributed by atoms with Gasteiger partial charge < -0.3 is 49.6 Å². The van der Waals surface area contributed by atoms with Crippen LogP contribution in [0.5, 0.6) is 0 Å². The summed E-state index contributed by atoms with van der Waals surface area (Å²) in [5, 5.41) is 57.4. The minimum atomic E-state index is -1.14. The molecule has 60 heavy (non-hydrogen) atoms. The van der Waals surface area contributed by atoms with Crippen molar-refractivity contribution in [3.8, 4) is 0 Å². The van der Waals surface area contributed by atoms with Crippen LogP contribution in [0.1, 0.15) is 206 Å². The highest BCUT2D eigenvalue weighted by Gasteiger charge is 2.42. The lowest BCUT2D eigenvalue weighted by molar-refractivity contribution is -0.163. The van der Waals surface area contributed by atoms with Crippen molar-refractivity contribution >= 4 is 11.9 Å². The van der Waals surface area contributed by atoms with Gasteiger partial charge in [-0.05, 0) is 38.5 Å². The number of ether oxygens (including phenoxy) is 4. The number of rotatable bonds is 37. The second-order valence-corrected chi connectivity index (χ2v) is 17.2. The Balaban J connectivity index is 0.000000600. The fraction of sp³-hybridized carbons (Fsp3) is 0.917. The van der Waals surface area contributed by atoms with E-state index in [-0.39, 0.29) is 19.2 Å². The summed E-state index contributed by atoms with van der Waals surface area (Å²) in [6, 6.07) is 0. The van der Waals surface area contributed by atoms with Crippen LogP contribution in [0.15, 0.2) is 12.2 Å². The van der Waals surface area contributed by atoms with Gasteiger partial charge in [0.15, 0.2) is 12.2 Å². The summed E-state index contributed by atoms with van der Waals surface area (Å²) >= 11 is 0. The first-order chi connectivity index (χ1) is 29.2. The number of hydrogen-bond donors (Lipinski definition) is 6. The van der Waals surface area contributed by atoms with Crippen molar-refractivity contribution in [2.24, 2.45) is 0 Å². The fourth-order valence-corrected chi connectivity index (χ4v) is 7.76. The van der Waals surface area contributed by atoms with Crippen LogP contribution < -0.4 is 0 Å². The van der Waals surface area contributed by atoms with E-state index < -0.39 is 68.0 Å². The molecule has 0 aromatic rings. The molecule has 0 amide bonds. The van der Waals surface area contributed by atoms with E-state index in [4.69, 9.17) is 18.9 Å². The van der Waals surface area contributed by atoms with Gasteiger partial charge in [-0.15, -0.1) is 0 Å². The predicted octanol–water partition coefficient (Wildman–Crippen LogP) is 8.32. The summed E-state index contributed by atoms with van der Waals surface area (Å²) in [4.78, 5) is 23.9. The van der Waals surface area contributed by atoms with Crippen LogP contribution in [-0.2, 0) is 28.5 Å². The molecule has 2 saturated heterocycles. The monoisotopic (exact) mass is 859 g/mol. The SMILES string of the molecule is CCCCCCCC/C=C\CCCCCCCC(=O)O[C@H](CO)[C@H]1OC[C@H](O)[C@H]1O.CCCCCCCCCCCCCCCCCC(=O)O[C@H](CO)[C@H]1OC[C@H](O)[C@H]1O. The number of carbonyl (C=O) groups is 2. The van der Waals surface area contributed by atoms with Crippen LogP contribution in [-0.4, -0.2) is 118 Å². The van der Waals surface area contributed by atoms with Gasteiger partial charge in [0, 0.05) is 12.8 Å². The quantitative estimate of drug-likeness (QED) is 0.0199. The molecule has 2 aliphatic rings. The van der Waals surface area contributed by atoms with Crippen LogP contribution in [0.4, 0.5) is 0 Å². The van der Waals surface area contributed by atoms with E-state index in [0.29, 0.717) is 12.8 Å². The molecule has 0 bridgehead atoms. The van der Waals surface area contributed by atoms with E-state index in [1.54, 1.807) is 0 Å². The van der Waals surface area contributed by atoms with Crippen LogP contribution in [0.3, 0.4) is 0 Å². The van der Waals surface area contributed by atoms with Crippen molar-refractivity contribution in [1.82, 2.24) is 0 Å². The van der Waals surface area contributed by atoms with Crippen molar-refractivity contribution in [2.45, 2.75) is 255 Å². The Bertz CT molecular complexity index is 1030. The lowest BCUT2D eigenvalue weighted by Crippen LogP contribution is -2.43. The van der Waals surface area contributed by atoms with Crippen LogP contribution in [0, 0.1) is 0 Å². The van der Waals surface area contributed by atoms with E-state index in [9.17, 15) is 40.2 Å². The summed E-state index contributed by atoms with van der Waals surface area (Å²) < 4.78 is 20.9. The number of unbranched alkanes of at least 4 members (excludes halogenated alkanes) is 25. The molecule has 12 nitrogen and oxygen atoms in total. The summed E-state index contributed by atoms with van der Waals surface area (Å²) in [6.07, 6.45) is 32.0. The number of esters is 2. The molecule has 12 heteroatoms. The average molecular weight is 859 g/mol. The Morgan fingerprint density at radius 1 is 0.483 bits per heavy atom. The topological polar surface area (TPSA) is 192 Å². The molecule has 2 fully saturated rings. The molecule has 2 heterocycles. The Morgan fingerprint density at radius 2 is 0.767 bits per heavy atom. The number of hydrogen-bond acceptors (Lipinski definition) is 12. The first kappa shape index (κ1) is 56.4. The third kappa shape index (κ3) is 28.1. The van der Waals surface area contributed by atoms with Gasteiger partial charge in [0.25, 0.3) is 0 Å². The molecule has 2 rings (SSSR count). The lowest BCUT2D eigenvalue weighted by Gasteiger charge is -2.24. The average Bonchev–Trinajstić information content (AvgIpc) is 3.76. The van der Waals surface area contributed by atoms with E-state index >= 15 is 0 Å². The molecule has 0 unspecified atom stereocenters. The maximum absolute atomic E-state index is 12.0. The summed E-state index contributed by atoms with van der Waals surface area (Å²) in [6.45, 7) is 3.60. The molecule has 0 spiro atoms. The van der Waals surface area contributed by atoms with E-state index in [1.165, 1.54) is 128 Å². The predicted molar refractivity (Wildman–Crippen MR) is 236 cm³/mol. The van der Waals surface area contributed by atoms with Crippen LogP contribution in [0.2, 0.25) is 0 Å². The molecule has 8 atom stereocenters. The molecule has 0 aliphatic carbocycles. The van der Waals surface area contributed by atoms with Gasteiger partial charge in [0.2, 0.25) is 0 Å². The largest absolute Gasteiger partial charge is 0.457 e. The molecule has 0 aromatic carbocycles. The summed E-state index contributed by atoms with van der Waals surface area (Å²) in [5.74, 6) is -0.787. The van der Waals surface area contributed by atoms with E-state index in [1.807, 2.05) is 0 Å². The zero-order valence-electron chi connectivity index (χ0n) is 37.9. The summed E-state index contributed by atoms with van der Waals surface area (Å²) in [5.41, 5.74) is 0.